The van der Waals surface area contributed by atoms with Crippen LogP contribution in [0.15, 0.2) is 33.0 Å². The maximum Gasteiger partial charge on any atom is 0.265 e. The number of anilines is 1. The lowest BCUT2D eigenvalue weighted by Crippen LogP contribution is -2.16. The Labute approximate surface area is 183 Å². The summed E-state index contributed by atoms with van der Waals surface area (Å²) in [5, 5.41) is 4.87. The predicted octanol–water partition coefficient (Wildman–Crippen LogP) is 3.96. The van der Waals surface area contributed by atoms with E-state index in [0.29, 0.717) is 0 Å². The highest BCUT2D eigenvalue weighted by atomic mass is 35.5. The van der Waals surface area contributed by atoms with Gasteiger partial charge in [-0.25, -0.2) is 13.1 Å². The van der Waals surface area contributed by atoms with Gasteiger partial charge in [0.15, 0.2) is 17.3 Å². The van der Waals surface area contributed by atoms with Gasteiger partial charge in [-0.15, -0.1) is 11.3 Å². The Morgan fingerprint density at radius 3 is 3.00 bits per heavy atom. The van der Waals surface area contributed by atoms with E-state index in [9.17, 15) is 13.2 Å². The highest BCUT2D eigenvalue weighted by molar-refractivity contribution is 7.93. The number of hydrogen-bond donors (Lipinski definition) is 1. The van der Waals surface area contributed by atoms with Gasteiger partial charge >= 0.3 is 0 Å². The van der Waals surface area contributed by atoms with E-state index < -0.39 is 58.1 Å². The predicted molar refractivity (Wildman–Crippen MR) is 107 cm³/mol. The van der Waals surface area contributed by atoms with Crippen LogP contribution in [0.25, 0.3) is 0 Å². The molecule has 0 radical (unpaired) electrons. The zero-order valence-corrected chi connectivity index (χ0v) is 16.9. The molecule has 0 spiro atoms. The van der Waals surface area contributed by atoms with Crippen LogP contribution in [0.4, 0.5) is 5.88 Å². The number of fused-ring (bicyclic) bond motifs is 1. The topological polar surface area (TPSA) is 108 Å². The van der Waals surface area contributed by atoms with Gasteiger partial charge in [0.1, 0.15) is 18.4 Å². The van der Waals surface area contributed by atoms with E-state index in [1.807, 2.05) is 0 Å². The Morgan fingerprint density at radius 1 is 1.48 bits per heavy atom. The number of Topliss-reactive ketones (excluding diaryl/α,β-unsaturated/α-hetero) is 1. The van der Waals surface area contributed by atoms with Gasteiger partial charge in [-0.2, -0.15) is 0 Å². The fraction of sp³-hybridized carbons (Fsp3) is 0.222. The Morgan fingerprint density at radius 2 is 2.28 bits per heavy atom. The second-order valence-corrected chi connectivity index (χ2v) is 8.83. The lowest BCUT2D eigenvalue weighted by molar-refractivity contribution is 0.0994. The first-order chi connectivity index (χ1) is 16.1. The maximum absolute atomic E-state index is 13.1. The minimum atomic E-state index is -4.34. The molecule has 152 valence electrons. The molecule has 0 atom stereocenters. The Hall–Kier alpha value is -2.56. The second-order valence-electron chi connectivity index (χ2n) is 5.88. The molecule has 4 rings (SSSR count). The number of benzene rings is 1. The molecule has 0 saturated heterocycles. The van der Waals surface area contributed by atoms with Gasteiger partial charge in [-0.3, -0.25) is 4.79 Å². The molecule has 11 heteroatoms. The number of thiophene rings is 1. The zero-order chi connectivity index (χ0) is 25.9. The molecule has 0 saturated carbocycles. The van der Waals surface area contributed by atoms with Crippen molar-refractivity contribution in [3.8, 4) is 11.5 Å². The Bertz CT molecular complexity index is 1450. The molecule has 8 nitrogen and oxygen atoms in total. The normalized spacial score (nSPS) is 18.1. The van der Waals surface area contributed by atoms with Crippen molar-refractivity contribution in [3.63, 3.8) is 0 Å². The van der Waals surface area contributed by atoms with Crippen LogP contribution in [0.3, 0.4) is 0 Å². The Balaban J connectivity index is 1.70. The summed E-state index contributed by atoms with van der Waals surface area (Å²) < 4.78 is 89.4. The lowest BCUT2D eigenvalue weighted by Gasteiger charge is -2.09. The van der Waals surface area contributed by atoms with Gasteiger partial charge in [0.05, 0.1) is 6.25 Å². The van der Waals surface area contributed by atoms with Crippen molar-refractivity contribution >= 4 is 44.6 Å². The molecule has 1 aromatic carbocycles. The molecule has 1 aliphatic heterocycles. The molecule has 0 unspecified atom stereocenters. The van der Waals surface area contributed by atoms with Crippen LogP contribution in [-0.2, 0) is 16.4 Å². The summed E-state index contributed by atoms with van der Waals surface area (Å²) in [6, 6.07) is 1.64. The summed E-state index contributed by atoms with van der Waals surface area (Å²) in [5.74, 6) is -1.73. The fourth-order valence-electron chi connectivity index (χ4n) is 2.51. The second kappa shape index (κ2) is 7.36. The van der Waals surface area contributed by atoms with Crippen molar-refractivity contribution in [2.45, 2.75) is 25.1 Å². The molecule has 0 fully saturated rings. The van der Waals surface area contributed by atoms with Crippen LogP contribution in [0.1, 0.15) is 34.7 Å². The number of aryl methyl sites for hydroxylation is 1. The Kier molecular flexibility index (Phi) is 3.46. The third kappa shape index (κ3) is 3.70. The summed E-state index contributed by atoms with van der Waals surface area (Å²) >= 11 is 6.78. The number of carbonyl (C=O) groups is 1. The van der Waals surface area contributed by atoms with Crippen molar-refractivity contribution in [2.24, 2.45) is 0 Å². The number of carbonyl (C=O) groups excluding carboxylic acids is 1. The third-order valence-corrected chi connectivity index (χ3v) is 6.83. The van der Waals surface area contributed by atoms with Crippen LogP contribution < -0.4 is 14.2 Å². The number of sulfonamides is 1. The minimum Gasteiger partial charge on any atom is -0.454 e. The van der Waals surface area contributed by atoms with E-state index in [0.717, 1.165) is 17.4 Å². The van der Waals surface area contributed by atoms with E-state index in [2.05, 4.69) is 9.88 Å². The van der Waals surface area contributed by atoms with E-state index in [-0.39, 0.29) is 32.8 Å². The smallest absolute Gasteiger partial charge is 0.265 e. The van der Waals surface area contributed by atoms with Gasteiger partial charge in [-0.05, 0) is 48.5 Å². The monoisotopic (exact) mass is 460 g/mol. The number of halogens is 1. The molecule has 1 N–H and O–H groups in total. The van der Waals surface area contributed by atoms with Gasteiger partial charge in [-0.1, -0.05) is 16.8 Å². The number of rotatable bonds is 6. The molecular formula is C18H15ClN2O6S2. The van der Waals surface area contributed by atoms with Crippen molar-refractivity contribution in [1.29, 1.82) is 0 Å². The molecule has 0 bridgehead atoms. The van der Waals surface area contributed by atoms with Crippen LogP contribution in [-0.4, -0.2) is 26.1 Å². The molecule has 3 heterocycles. The SMILES string of the molecule is [2H]c1c2c(cc(CC(=O)c3sccc3S(=O)(=O)Nc3onc(C)c3Cl)c1C([2H])([2H])[2H])OC([2H])([2H])O2. The number of nitrogens with zero attached hydrogens (tertiary/aromatic N) is 1. The van der Waals surface area contributed by atoms with Gasteiger partial charge in [0, 0.05) is 10.5 Å². The summed E-state index contributed by atoms with van der Waals surface area (Å²) in [5.41, 5.74) is -0.436. The van der Waals surface area contributed by atoms with E-state index >= 15 is 0 Å². The molecule has 3 aromatic rings. The molecule has 29 heavy (non-hydrogen) atoms. The first-order valence-electron chi connectivity index (χ1n) is 10.9. The largest absolute Gasteiger partial charge is 0.454 e. The van der Waals surface area contributed by atoms with Crippen molar-refractivity contribution < 1.29 is 35.4 Å². The number of hydrogen-bond acceptors (Lipinski definition) is 8. The third-order valence-electron chi connectivity index (χ3n) is 3.92. The number of nitrogens with one attached hydrogen (secondary N) is 1. The number of aromatic nitrogens is 1. The van der Waals surface area contributed by atoms with Crippen LogP contribution in [0.2, 0.25) is 5.02 Å². The molecule has 2 aromatic heterocycles. The van der Waals surface area contributed by atoms with E-state index in [1.54, 1.807) is 0 Å². The van der Waals surface area contributed by atoms with E-state index in [4.69, 9.17) is 33.8 Å². The maximum atomic E-state index is 13.1. The fourth-order valence-corrected chi connectivity index (χ4v) is 5.07. The lowest BCUT2D eigenvalue weighted by atomic mass is 10.0. The van der Waals surface area contributed by atoms with Crippen LogP contribution in [0, 0.1) is 13.8 Å². The van der Waals surface area contributed by atoms with Gasteiger partial charge in [0.25, 0.3) is 15.9 Å². The summed E-state index contributed by atoms with van der Waals surface area (Å²) in [6.07, 6.45) is -0.607. The molecule has 0 amide bonds. The standard InChI is InChI=1S/C18H15ClN2O6S2/c1-9-5-13-14(26-8-25-13)7-11(9)6-12(22)17-15(3-4-28-17)29(23,24)21-18-16(19)10(2)20-27-18/h3-5,7,21H,6,8H2,1-2H3/i1D3,5D,8D2. The molecule has 1 aliphatic rings. The highest BCUT2D eigenvalue weighted by Crippen LogP contribution is 2.36. The highest BCUT2D eigenvalue weighted by Gasteiger charge is 2.27. The van der Waals surface area contributed by atoms with Gasteiger partial charge in [0.2, 0.25) is 6.75 Å². The summed E-state index contributed by atoms with van der Waals surface area (Å²) in [4.78, 5) is 12.5. The first-order valence-corrected chi connectivity index (χ1v) is 10.6. The van der Waals surface area contributed by atoms with E-state index in [1.165, 1.54) is 18.4 Å². The average Bonchev–Trinajstić information content (AvgIpc) is 3.40. The van der Waals surface area contributed by atoms with Crippen LogP contribution in [0.5, 0.6) is 11.5 Å². The molecule has 0 aliphatic carbocycles. The first kappa shape index (κ1) is 13.6. The average molecular weight is 461 g/mol. The summed E-state index contributed by atoms with van der Waals surface area (Å²) in [7, 11) is -4.34. The number of ketones is 1. The van der Waals surface area contributed by atoms with Crippen molar-refractivity contribution in [2.75, 3.05) is 11.5 Å². The quantitative estimate of drug-likeness (QED) is 0.554. The van der Waals surface area contributed by atoms with Crippen molar-refractivity contribution in [1.82, 2.24) is 5.16 Å². The summed E-state index contributed by atoms with van der Waals surface area (Å²) in [6.45, 7) is -3.97. The zero-order valence-electron chi connectivity index (χ0n) is 20.5. The van der Waals surface area contributed by atoms with Crippen molar-refractivity contribution in [3.05, 3.63) is 50.3 Å². The molecular weight excluding hydrogens is 440 g/mol. The van der Waals surface area contributed by atoms with Crippen LogP contribution >= 0.6 is 22.9 Å². The number of ether oxygens (including phenoxy) is 2. The minimum absolute atomic E-state index is 0.0535. The van der Waals surface area contributed by atoms with Gasteiger partial charge < -0.3 is 14.0 Å².